The van der Waals surface area contributed by atoms with Crippen LogP contribution in [0.5, 0.6) is 0 Å². The molecule has 0 unspecified atom stereocenters. The Hall–Kier alpha value is -1.88. The van der Waals surface area contributed by atoms with Crippen molar-refractivity contribution in [2.24, 2.45) is 11.8 Å². The number of benzene rings is 1. The molecule has 1 aromatic carbocycles. The summed E-state index contributed by atoms with van der Waals surface area (Å²) in [5.74, 6) is 2.41. The summed E-state index contributed by atoms with van der Waals surface area (Å²) in [6.45, 7) is 0. The van der Waals surface area contributed by atoms with Crippen LogP contribution in [0.1, 0.15) is 12.0 Å². The third kappa shape index (κ3) is 3.88. The number of nitrogens with two attached hydrogens (primary N) is 1. The lowest BCUT2D eigenvalue weighted by Gasteiger charge is -2.11. The molecule has 1 aromatic rings. The van der Waals surface area contributed by atoms with E-state index >= 15 is 0 Å². The molecule has 0 aromatic heterocycles. The molecule has 2 N–H and O–H groups in total. The van der Waals surface area contributed by atoms with Gasteiger partial charge in [-0.1, -0.05) is 30.3 Å². The second kappa shape index (κ2) is 6.65. The van der Waals surface area contributed by atoms with Gasteiger partial charge in [0.2, 0.25) is 0 Å². The lowest BCUT2D eigenvalue weighted by atomic mass is 10.00. The number of methoxy groups -OCH3 is 1. The van der Waals surface area contributed by atoms with Crippen LogP contribution in [0.15, 0.2) is 30.3 Å². The molecule has 92 valence electrons. The number of aryl methyl sites for hydroxylation is 1. The summed E-state index contributed by atoms with van der Waals surface area (Å²) in [6, 6.07) is 9.52. The van der Waals surface area contributed by atoms with E-state index < -0.39 is 17.9 Å². The molecule has 0 amide bonds. The summed E-state index contributed by atoms with van der Waals surface area (Å²) in [7, 11) is 1.22. The van der Waals surface area contributed by atoms with Gasteiger partial charge in [0.1, 0.15) is 0 Å². The number of hydrogen-bond donors (Lipinski definition) is 1. The molecule has 0 saturated heterocycles. The zero-order valence-electron chi connectivity index (χ0n) is 9.59. The second-order valence-electron chi connectivity index (χ2n) is 3.54. The Balaban J connectivity index is 2.61. The molecule has 0 heterocycles. The lowest BCUT2D eigenvalue weighted by molar-refractivity contribution is -0.161. The van der Waals surface area contributed by atoms with Gasteiger partial charge in [-0.05, 0) is 18.4 Å². The van der Waals surface area contributed by atoms with E-state index in [1.807, 2.05) is 30.3 Å². The maximum absolute atomic E-state index is 11.4. The fourth-order valence-electron chi connectivity index (χ4n) is 1.51. The van der Waals surface area contributed by atoms with Crippen molar-refractivity contribution in [3.63, 3.8) is 0 Å². The molecule has 1 rings (SSSR count). The Morgan fingerprint density at radius 1 is 1.24 bits per heavy atom. The summed E-state index contributed by atoms with van der Waals surface area (Å²) in [5, 5.41) is 0. The van der Waals surface area contributed by atoms with Gasteiger partial charge in [-0.3, -0.25) is 4.79 Å². The molecule has 0 aliphatic carbocycles. The average Bonchev–Trinajstić information content (AvgIpc) is 2.39. The molecule has 0 aliphatic rings. The first-order valence-electron chi connectivity index (χ1n) is 5.21. The van der Waals surface area contributed by atoms with Crippen LogP contribution in [-0.4, -0.2) is 19.0 Å². The number of esters is 1. The first kappa shape index (κ1) is 13.2. The van der Waals surface area contributed by atoms with Gasteiger partial charge in [-0.15, -0.1) is 0 Å². The van der Waals surface area contributed by atoms with Gasteiger partial charge in [0.15, 0.2) is 5.92 Å². The monoisotopic (exact) mass is 237 g/mol. The van der Waals surface area contributed by atoms with Crippen LogP contribution in [-0.2, 0) is 25.6 Å². The summed E-state index contributed by atoms with van der Waals surface area (Å²) >= 11 is 0. The van der Waals surface area contributed by atoms with E-state index in [-0.39, 0.29) is 0 Å². The fraction of sp³-hybridized carbons (Fsp3) is 0.333. The molecule has 17 heavy (non-hydrogen) atoms. The van der Waals surface area contributed by atoms with Crippen molar-refractivity contribution in [1.82, 2.24) is 0 Å². The summed E-state index contributed by atoms with van der Waals surface area (Å²) in [6.07, 6.45) is 0.891. The minimum atomic E-state index is -0.967. The van der Waals surface area contributed by atoms with Crippen molar-refractivity contribution in [1.29, 1.82) is 0 Å². The minimum absolute atomic E-state index is 0.312. The number of rotatable bonds is 5. The van der Waals surface area contributed by atoms with E-state index in [4.69, 9.17) is 5.90 Å². The highest BCUT2D eigenvalue weighted by Gasteiger charge is 2.28. The predicted molar refractivity (Wildman–Crippen MR) is 60.5 cm³/mol. The Labute approximate surface area is 99.5 Å². The van der Waals surface area contributed by atoms with E-state index in [0.29, 0.717) is 12.8 Å². The quantitative estimate of drug-likeness (QED) is 0.466. The SMILES string of the molecule is COC(=O)[C@H](CCc1ccccc1)C(=O)ON. The Morgan fingerprint density at radius 2 is 1.88 bits per heavy atom. The van der Waals surface area contributed by atoms with Gasteiger partial charge in [0, 0.05) is 0 Å². The van der Waals surface area contributed by atoms with Crippen LogP contribution in [0, 0.1) is 5.92 Å². The topological polar surface area (TPSA) is 78.6 Å². The van der Waals surface area contributed by atoms with Crippen LogP contribution >= 0.6 is 0 Å². The van der Waals surface area contributed by atoms with Crippen molar-refractivity contribution < 1.29 is 19.2 Å². The molecular weight excluding hydrogens is 222 g/mol. The summed E-state index contributed by atoms with van der Waals surface area (Å²) in [4.78, 5) is 26.7. The predicted octanol–water partition coefficient (Wildman–Crippen LogP) is 0.825. The van der Waals surface area contributed by atoms with Gasteiger partial charge in [0.25, 0.3) is 0 Å². The molecule has 0 fully saturated rings. The molecule has 0 saturated carbocycles. The summed E-state index contributed by atoms with van der Waals surface area (Å²) < 4.78 is 4.53. The van der Waals surface area contributed by atoms with Crippen LogP contribution < -0.4 is 5.90 Å². The first-order valence-corrected chi connectivity index (χ1v) is 5.21. The third-order valence-corrected chi connectivity index (χ3v) is 2.45. The van der Waals surface area contributed by atoms with Gasteiger partial charge < -0.3 is 9.57 Å². The molecular formula is C12H15NO4. The summed E-state index contributed by atoms with van der Waals surface area (Å²) in [5.41, 5.74) is 1.03. The fourth-order valence-corrected chi connectivity index (χ4v) is 1.51. The molecule has 0 bridgehead atoms. The van der Waals surface area contributed by atoms with Crippen molar-refractivity contribution >= 4 is 11.9 Å². The molecule has 5 heteroatoms. The largest absolute Gasteiger partial charge is 0.468 e. The Bertz CT molecular complexity index is 361. The Morgan fingerprint density at radius 3 is 2.41 bits per heavy atom. The standard InChI is InChI=1S/C12H15NO4/c1-16-11(14)10(12(15)17-13)8-7-9-5-3-2-4-6-9/h2-6,10H,7-8,13H2,1H3/t10-/m0/s1. The van der Waals surface area contributed by atoms with Crippen molar-refractivity contribution in [3.05, 3.63) is 35.9 Å². The van der Waals surface area contributed by atoms with E-state index in [1.54, 1.807) is 0 Å². The van der Waals surface area contributed by atoms with Crippen molar-refractivity contribution in [3.8, 4) is 0 Å². The van der Waals surface area contributed by atoms with E-state index in [2.05, 4.69) is 9.57 Å². The average molecular weight is 237 g/mol. The molecule has 0 radical (unpaired) electrons. The van der Waals surface area contributed by atoms with Crippen LogP contribution in [0.2, 0.25) is 0 Å². The highest BCUT2D eigenvalue weighted by atomic mass is 16.7. The number of hydrogen-bond acceptors (Lipinski definition) is 5. The zero-order valence-corrected chi connectivity index (χ0v) is 9.59. The van der Waals surface area contributed by atoms with Crippen LogP contribution in [0.3, 0.4) is 0 Å². The van der Waals surface area contributed by atoms with Crippen molar-refractivity contribution in [2.75, 3.05) is 7.11 Å². The van der Waals surface area contributed by atoms with Crippen molar-refractivity contribution in [2.45, 2.75) is 12.8 Å². The number of carbonyl (C=O) groups excluding carboxylic acids is 2. The first-order chi connectivity index (χ1) is 8.19. The maximum Gasteiger partial charge on any atom is 0.338 e. The third-order valence-electron chi connectivity index (χ3n) is 2.45. The zero-order chi connectivity index (χ0) is 12.7. The van der Waals surface area contributed by atoms with Gasteiger partial charge in [-0.25, -0.2) is 4.79 Å². The Kier molecular flexibility index (Phi) is 5.16. The van der Waals surface area contributed by atoms with Gasteiger partial charge in [0.05, 0.1) is 7.11 Å². The molecule has 1 atom stereocenters. The number of carbonyl (C=O) groups is 2. The minimum Gasteiger partial charge on any atom is -0.468 e. The smallest absolute Gasteiger partial charge is 0.338 e. The number of ether oxygens (including phenoxy) is 1. The second-order valence-corrected chi connectivity index (χ2v) is 3.54. The maximum atomic E-state index is 11.4. The highest BCUT2D eigenvalue weighted by Crippen LogP contribution is 2.12. The molecule has 0 spiro atoms. The molecule has 0 aliphatic heterocycles. The van der Waals surface area contributed by atoms with E-state index in [1.165, 1.54) is 7.11 Å². The lowest BCUT2D eigenvalue weighted by Crippen LogP contribution is -2.29. The normalized spacial score (nSPS) is 11.6. The highest BCUT2D eigenvalue weighted by molar-refractivity contribution is 5.94. The van der Waals surface area contributed by atoms with Crippen LogP contribution in [0.4, 0.5) is 0 Å². The van der Waals surface area contributed by atoms with Gasteiger partial charge >= 0.3 is 11.9 Å². The van der Waals surface area contributed by atoms with Gasteiger partial charge in [-0.2, -0.15) is 5.90 Å². The van der Waals surface area contributed by atoms with Crippen LogP contribution in [0.25, 0.3) is 0 Å². The molecule has 5 nitrogen and oxygen atoms in total. The van der Waals surface area contributed by atoms with E-state index in [0.717, 1.165) is 5.56 Å². The van der Waals surface area contributed by atoms with E-state index in [9.17, 15) is 9.59 Å².